The van der Waals surface area contributed by atoms with Crippen molar-refractivity contribution in [2.45, 2.75) is 6.92 Å². The van der Waals surface area contributed by atoms with E-state index < -0.39 is 0 Å². The fraction of sp³-hybridized carbons (Fsp3) is 0.214. The number of nitrogen functional groups attached to an aromatic ring is 1. The number of ether oxygens (including phenoxy) is 1. The minimum Gasteiger partial charge on any atom is -0.490 e. The number of nitrogens with one attached hydrogen (secondary N) is 4. The summed E-state index contributed by atoms with van der Waals surface area (Å²) in [6, 6.07) is 6.96. The second kappa shape index (κ2) is 7.50. The van der Waals surface area contributed by atoms with Crippen LogP contribution in [-0.4, -0.2) is 29.6 Å². The van der Waals surface area contributed by atoms with Crippen molar-refractivity contribution in [1.82, 2.24) is 9.97 Å². The maximum absolute atomic E-state index is 7.93. The number of rotatable bonds is 5. The summed E-state index contributed by atoms with van der Waals surface area (Å²) in [5, 5.41) is 17.2. The fourth-order valence-corrected chi connectivity index (χ4v) is 1.96. The van der Waals surface area contributed by atoms with Gasteiger partial charge in [-0.25, -0.2) is 0 Å². The highest BCUT2D eigenvalue weighted by Gasteiger charge is 2.13. The topological polar surface area (TPSA) is 121 Å². The predicted molar refractivity (Wildman–Crippen MR) is 93.6 cm³/mol. The fourth-order valence-electron chi connectivity index (χ4n) is 1.83. The van der Waals surface area contributed by atoms with Gasteiger partial charge >= 0.3 is 0 Å². The van der Waals surface area contributed by atoms with E-state index in [1.807, 2.05) is 6.92 Å². The summed E-state index contributed by atoms with van der Waals surface area (Å²) < 4.78 is 5.17. The first-order valence-electron chi connectivity index (χ1n) is 6.87. The Morgan fingerprint density at radius 1 is 1.26 bits per heavy atom. The van der Waals surface area contributed by atoms with Crippen molar-refractivity contribution in [1.29, 1.82) is 5.41 Å². The van der Waals surface area contributed by atoms with Gasteiger partial charge in [0, 0.05) is 17.3 Å². The molecule has 0 aliphatic heterocycles. The molecule has 122 valence electrons. The minimum atomic E-state index is -0.000613. The van der Waals surface area contributed by atoms with Crippen LogP contribution in [0.25, 0.3) is 0 Å². The van der Waals surface area contributed by atoms with Gasteiger partial charge in [-0.1, -0.05) is 11.6 Å². The molecule has 9 heteroatoms. The number of halogens is 1. The summed E-state index contributed by atoms with van der Waals surface area (Å²) in [7, 11) is 1.49. The van der Waals surface area contributed by atoms with E-state index in [9.17, 15) is 0 Å². The quantitative estimate of drug-likeness (QED) is 0.420. The predicted octanol–water partition coefficient (Wildman–Crippen LogP) is 2.61. The first-order valence-corrected chi connectivity index (χ1v) is 7.24. The molecule has 0 aliphatic rings. The summed E-state index contributed by atoms with van der Waals surface area (Å²) in [5.74, 6) is 1.20. The third-order valence-corrected chi connectivity index (χ3v) is 3.04. The van der Waals surface area contributed by atoms with Gasteiger partial charge in [0.2, 0.25) is 11.7 Å². The van der Waals surface area contributed by atoms with Crippen molar-refractivity contribution in [2.75, 3.05) is 35.3 Å². The Labute approximate surface area is 138 Å². The Kier molecular flexibility index (Phi) is 5.42. The number of anilines is 4. The summed E-state index contributed by atoms with van der Waals surface area (Å²) >= 11 is 5.82. The Morgan fingerprint density at radius 3 is 2.57 bits per heavy atom. The molecule has 8 nitrogen and oxygen atoms in total. The molecule has 1 aromatic carbocycles. The van der Waals surface area contributed by atoms with Gasteiger partial charge in [-0.15, -0.1) is 0 Å². The van der Waals surface area contributed by atoms with Crippen molar-refractivity contribution < 1.29 is 4.74 Å². The molecule has 6 N–H and O–H groups in total. The van der Waals surface area contributed by atoms with Crippen LogP contribution >= 0.6 is 11.6 Å². The number of aromatic nitrogens is 2. The molecule has 23 heavy (non-hydrogen) atoms. The molecule has 2 aromatic rings. The Bertz CT molecular complexity index is 690. The molecule has 1 aromatic heterocycles. The number of guanidine groups is 1. The molecule has 0 atom stereocenters. The number of hydrogen-bond acceptors (Lipinski definition) is 6. The lowest BCUT2D eigenvalue weighted by molar-refractivity contribution is 0.415. The van der Waals surface area contributed by atoms with Crippen molar-refractivity contribution in [3.8, 4) is 5.75 Å². The molecule has 0 saturated carbocycles. The minimum absolute atomic E-state index is 0.000613. The van der Waals surface area contributed by atoms with Crippen LogP contribution in [-0.2, 0) is 0 Å². The highest BCUT2D eigenvalue weighted by atomic mass is 35.5. The first-order chi connectivity index (χ1) is 11.0. The van der Waals surface area contributed by atoms with Crippen LogP contribution in [0.5, 0.6) is 5.75 Å². The van der Waals surface area contributed by atoms with Crippen LogP contribution in [0.2, 0.25) is 5.02 Å². The molecule has 0 saturated heterocycles. The second-order valence-electron chi connectivity index (χ2n) is 4.48. The zero-order valence-electron chi connectivity index (χ0n) is 12.8. The first kappa shape index (κ1) is 16.6. The van der Waals surface area contributed by atoms with Crippen LogP contribution in [0, 0.1) is 5.41 Å². The van der Waals surface area contributed by atoms with Crippen LogP contribution in [0.1, 0.15) is 6.92 Å². The van der Waals surface area contributed by atoms with Crippen molar-refractivity contribution in [3.05, 3.63) is 29.3 Å². The molecule has 0 fully saturated rings. The zero-order valence-corrected chi connectivity index (χ0v) is 13.5. The van der Waals surface area contributed by atoms with Gasteiger partial charge in [0.1, 0.15) is 0 Å². The Morgan fingerprint density at radius 2 is 1.96 bits per heavy atom. The number of nitrogens with two attached hydrogens (primary N) is 1. The number of benzene rings is 1. The monoisotopic (exact) mass is 335 g/mol. The largest absolute Gasteiger partial charge is 0.490 e. The Hall–Kier alpha value is -2.74. The van der Waals surface area contributed by atoms with Crippen LogP contribution in [0.15, 0.2) is 24.3 Å². The van der Waals surface area contributed by atoms with Gasteiger partial charge in [0.05, 0.1) is 7.11 Å². The molecular formula is C14H18ClN7O. The molecule has 0 amide bonds. The van der Waals surface area contributed by atoms with E-state index in [1.54, 1.807) is 24.3 Å². The van der Waals surface area contributed by atoms with Gasteiger partial charge in [0.25, 0.3) is 0 Å². The highest BCUT2D eigenvalue weighted by molar-refractivity contribution is 6.30. The average molecular weight is 336 g/mol. The number of nitrogens with zero attached hydrogens (tertiary/aromatic N) is 2. The smallest absolute Gasteiger partial charge is 0.233 e. The molecule has 1 heterocycles. The molecular weight excluding hydrogens is 318 g/mol. The summed E-state index contributed by atoms with van der Waals surface area (Å²) in [5.41, 5.74) is 6.55. The van der Waals surface area contributed by atoms with Crippen LogP contribution < -0.4 is 26.4 Å². The van der Waals surface area contributed by atoms with Gasteiger partial charge in [-0.05, 0) is 31.2 Å². The molecule has 0 unspecified atom stereocenters. The lowest BCUT2D eigenvalue weighted by atomic mass is 10.3. The lowest BCUT2D eigenvalue weighted by Gasteiger charge is -2.14. The third-order valence-electron chi connectivity index (χ3n) is 2.79. The lowest BCUT2D eigenvalue weighted by Crippen LogP contribution is -2.22. The van der Waals surface area contributed by atoms with E-state index in [4.69, 9.17) is 27.5 Å². The van der Waals surface area contributed by atoms with Gasteiger partial charge in [0.15, 0.2) is 17.6 Å². The maximum Gasteiger partial charge on any atom is 0.233 e. The van der Waals surface area contributed by atoms with Gasteiger partial charge < -0.3 is 21.1 Å². The van der Waals surface area contributed by atoms with Crippen molar-refractivity contribution in [2.24, 2.45) is 0 Å². The highest BCUT2D eigenvalue weighted by Crippen LogP contribution is 2.28. The van der Waals surface area contributed by atoms with E-state index in [1.165, 1.54) is 7.11 Å². The van der Waals surface area contributed by atoms with Crippen molar-refractivity contribution >= 4 is 40.8 Å². The summed E-state index contributed by atoms with van der Waals surface area (Å²) in [6.45, 7) is 2.57. The number of methoxy groups -OCH3 is 1. The molecule has 0 aliphatic carbocycles. The average Bonchev–Trinajstić information content (AvgIpc) is 2.50. The van der Waals surface area contributed by atoms with E-state index in [-0.39, 0.29) is 17.7 Å². The number of hydrogen-bond donors (Lipinski definition) is 5. The molecule has 0 radical (unpaired) electrons. The maximum atomic E-state index is 7.93. The SMILES string of the molecule is CCNc1nc(NC(=N)Nc2ccc(Cl)cc2)nc(N)c1OC. The third kappa shape index (κ3) is 4.36. The standard InChI is InChI=1S/C14H18ClN7O/c1-3-18-12-10(23-2)11(16)20-14(21-12)22-13(17)19-9-6-4-8(15)5-7-9/h4-7H,3H2,1-2H3,(H6,16,17,18,19,20,21,22). The van der Waals surface area contributed by atoms with E-state index in [0.717, 1.165) is 0 Å². The summed E-state index contributed by atoms with van der Waals surface area (Å²) in [6.07, 6.45) is 0. The van der Waals surface area contributed by atoms with E-state index in [0.29, 0.717) is 28.8 Å². The van der Waals surface area contributed by atoms with E-state index in [2.05, 4.69) is 25.9 Å². The van der Waals surface area contributed by atoms with Crippen molar-refractivity contribution in [3.63, 3.8) is 0 Å². The normalized spacial score (nSPS) is 10.0. The molecule has 0 bridgehead atoms. The zero-order chi connectivity index (χ0) is 16.8. The van der Waals surface area contributed by atoms with Gasteiger partial charge in [-0.2, -0.15) is 9.97 Å². The molecule has 0 spiro atoms. The van der Waals surface area contributed by atoms with Gasteiger partial charge in [-0.3, -0.25) is 10.7 Å². The Balaban J connectivity index is 2.12. The second-order valence-corrected chi connectivity index (χ2v) is 4.91. The van der Waals surface area contributed by atoms with Crippen LogP contribution in [0.3, 0.4) is 0 Å². The molecule has 2 rings (SSSR count). The summed E-state index contributed by atoms with van der Waals surface area (Å²) in [4.78, 5) is 8.32. The van der Waals surface area contributed by atoms with E-state index >= 15 is 0 Å². The van der Waals surface area contributed by atoms with Crippen LogP contribution in [0.4, 0.5) is 23.3 Å².